The lowest BCUT2D eigenvalue weighted by molar-refractivity contribution is -0.117. The first kappa shape index (κ1) is 25.5. The number of carbonyl (C=O) groups is 1. The van der Waals surface area contributed by atoms with Gasteiger partial charge in [0.15, 0.2) is 0 Å². The van der Waals surface area contributed by atoms with Crippen LogP contribution < -0.4 is 15.2 Å². The number of thiophene rings is 1. The normalized spacial score (nSPS) is 15.1. The van der Waals surface area contributed by atoms with E-state index in [1.807, 2.05) is 66.2 Å². The van der Waals surface area contributed by atoms with Gasteiger partial charge in [-0.2, -0.15) is 0 Å². The Labute approximate surface area is 224 Å². The quantitative estimate of drug-likeness (QED) is 0.316. The third kappa shape index (κ3) is 6.07. The van der Waals surface area contributed by atoms with E-state index >= 15 is 0 Å². The number of ether oxygens (including phenoxy) is 3. The summed E-state index contributed by atoms with van der Waals surface area (Å²) in [4.78, 5) is 20.4. The highest BCUT2D eigenvalue weighted by molar-refractivity contribution is 7.15. The lowest BCUT2D eigenvalue weighted by atomic mass is 10.1. The molecule has 0 bridgehead atoms. The van der Waals surface area contributed by atoms with Crippen molar-refractivity contribution in [1.29, 1.82) is 0 Å². The minimum Gasteiger partial charge on any atom is -0.491 e. The number of hydrogen-bond donors (Lipinski definition) is 1. The molecule has 0 saturated carbocycles. The van der Waals surface area contributed by atoms with E-state index in [0.29, 0.717) is 17.4 Å². The molecular weight excluding hydrogens is 512 g/mol. The predicted molar refractivity (Wildman–Crippen MR) is 145 cm³/mol. The Morgan fingerprint density at radius 3 is 2.84 bits per heavy atom. The molecule has 0 aliphatic carbocycles. The van der Waals surface area contributed by atoms with Crippen LogP contribution in [0, 0.1) is 0 Å². The molecule has 1 aliphatic heterocycles. The summed E-state index contributed by atoms with van der Waals surface area (Å²) < 4.78 is 19.7. The van der Waals surface area contributed by atoms with E-state index in [9.17, 15) is 4.79 Å². The van der Waals surface area contributed by atoms with Gasteiger partial charge in [0.1, 0.15) is 29.9 Å². The Hall–Kier alpha value is -3.11. The molecule has 1 aliphatic rings. The van der Waals surface area contributed by atoms with Crippen LogP contribution in [0.25, 0.3) is 16.2 Å². The van der Waals surface area contributed by atoms with E-state index in [2.05, 4.69) is 9.88 Å². The van der Waals surface area contributed by atoms with Crippen LogP contribution in [0.15, 0.2) is 54.9 Å². The van der Waals surface area contributed by atoms with E-state index in [1.165, 1.54) is 11.3 Å². The van der Waals surface area contributed by atoms with Crippen LogP contribution in [-0.4, -0.2) is 59.6 Å². The molecule has 1 amide bonds. The second kappa shape index (κ2) is 11.5. The van der Waals surface area contributed by atoms with Crippen LogP contribution in [-0.2, 0) is 16.0 Å². The first-order valence-corrected chi connectivity index (χ1v) is 13.4. The molecule has 10 heteroatoms. The molecule has 37 heavy (non-hydrogen) atoms. The van der Waals surface area contributed by atoms with E-state index in [-0.39, 0.29) is 12.5 Å². The molecule has 0 spiro atoms. The molecule has 2 N–H and O–H groups in total. The summed E-state index contributed by atoms with van der Waals surface area (Å²) in [5.74, 6) is 0.953. The Bertz CT molecular complexity index is 1380. The Kier molecular flexibility index (Phi) is 7.95. The smallest absolute Gasteiger partial charge is 0.222 e. The van der Waals surface area contributed by atoms with Crippen molar-refractivity contribution in [2.45, 2.75) is 19.4 Å². The highest BCUT2D eigenvalue weighted by Crippen LogP contribution is 2.39. The molecule has 4 aromatic rings. The highest BCUT2D eigenvalue weighted by atomic mass is 35.5. The number of carbonyl (C=O) groups excluding carboxylic acids is 1. The standard InChI is InChI=1S/C27H29ClN4O4S/c1-18(20-4-2-3-5-21(20)28)36-23-14-24(37-25(23)15-26(29)33)22-16-30-27-7-6-19(17-32(22)27)35-13-10-31-8-11-34-12-9-31/h2-7,14,16-18H,8-13,15H2,1H3,(H2,29,33). The minimum absolute atomic E-state index is 0.0852. The van der Waals surface area contributed by atoms with E-state index in [0.717, 1.165) is 65.3 Å². The second-order valence-electron chi connectivity index (χ2n) is 8.86. The van der Waals surface area contributed by atoms with Gasteiger partial charge in [-0.1, -0.05) is 29.8 Å². The van der Waals surface area contributed by atoms with Crippen molar-refractivity contribution in [3.63, 3.8) is 0 Å². The molecule has 1 atom stereocenters. The maximum absolute atomic E-state index is 11.8. The molecule has 4 heterocycles. The number of primary amides is 1. The zero-order valence-electron chi connectivity index (χ0n) is 20.6. The fourth-order valence-corrected chi connectivity index (χ4v) is 5.72. The number of nitrogens with two attached hydrogens (primary N) is 1. The van der Waals surface area contributed by atoms with Crippen molar-refractivity contribution in [1.82, 2.24) is 14.3 Å². The first-order valence-electron chi connectivity index (χ1n) is 12.2. The van der Waals surface area contributed by atoms with Gasteiger partial charge < -0.3 is 19.9 Å². The number of nitrogens with zero attached hydrogens (tertiary/aromatic N) is 3. The number of hydrogen-bond acceptors (Lipinski definition) is 7. The van der Waals surface area contributed by atoms with Crippen LogP contribution in [0.5, 0.6) is 11.5 Å². The highest BCUT2D eigenvalue weighted by Gasteiger charge is 2.20. The molecule has 1 unspecified atom stereocenters. The third-order valence-corrected chi connectivity index (χ3v) is 7.75. The molecule has 3 aromatic heterocycles. The first-order chi connectivity index (χ1) is 18.0. The van der Waals surface area contributed by atoms with E-state index in [4.69, 9.17) is 31.5 Å². The van der Waals surface area contributed by atoms with Crippen LogP contribution in [0.1, 0.15) is 23.5 Å². The van der Waals surface area contributed by atoms with E-state index < -0.39 is 5.91 Å². The summed E-state index contributed by atoms with van der Waals surface area (Å²) in [5.41, 5.74) is 8.09. The lowest BCUT2D eigenvalue weighted by Crippen LogP contribution is -2.38. The van der Waals surface area contributed by atoms with Crippen LogP contribution in [0.2, 0.25) is 5.02 Å². The topological polar surface area (TPSA) is 91.3 Å². The number of benzene rings is 1. The zero-order valence-corrected chi connectivity index (χ0v) is 22.1. The predicted octanol–water partition coefficient (Wildman–Crippen LogP) is 4.60. The molecular formula is C27H29ClN4O4S. The SMILES string of the molecule is CC(Oc1cc(-c2cnc3ccc(OCCN4CCOCC4)cn23)sc1CC(N)=O)c1ccccc1Cl. The van der Waals surface area contributed by atoms with Gasteiger partial charge in [0.05, 0.1) is 47.5 Å². The van der Waals surface area contributed by atoms with Gasteiger partial charge in [-0.05, 0) is 25.1 Å². The fourth-order valence-electron chi connectivity index (χ4n) is 4.32. The van der Waals surface area contributed by atoms with Crippen molar-refractivity contribution >= 4 is 34.5 Å². The molecule has 1 aromatic carbocycles. The van der Waals surface area contributed by atoms with Gasteiger partial charge in [-0.25, -0.2) is 4.98 Å². The van der Waals surface area contributed by atoms with Crippen LogP contribution in [0.4, 0.5) is 0 Å². The Morgan fingerprint density at radius 2 is 2.05 bits per heavy atom. The lowest BCUT2D eigenvalue weighted by Gasteiger charge is -2.26. The zero-order chi connectivity index (χ0) is 25.8. The molecule has 194 valence electrons. The van der Waals surface area contributed by atoms with Crippen LogP contribution >= 0.6 is 22.9 Å². The fraction of sp³-hybridized carbons (Fsp3) is 0.333. The van der Waals surface area contributed by atoms with Gasteiger partial charge in [-0.3, -0.25) is 14.1 Å². The molecule has 5 rings (SSSR count). The number of pyridine rings is 1. The van der Waals surface area contributed by atoms with Crippen molar-refractivity contribution in [3.8, 4) is 22.1 Å². The average Bonchev–Trinajstić information content (AvgIpc) is 3.48. The number of fused-ring (bicyclic) bond motifs is 1. The second-order valence-corrected chi connectivity index (χ2v) is 10.4. The van der Waals surface area contributed by atoms with Gasteiger partial charge >= 0.3 is 0 Å². The summed E-state index contributed by atoms with van der Waals surface area (Å²) in [5, 5.41) is 0.629. The Balaban J connectivity index is 1.38. The number of imidazole rings is 1. The number of morpholine rings is 1. The van der Waals surface area contributed by atoms with Crippen molar-refractivity contribution in [2.24, 2.45) is 5.73 Å². The van der Waals surface area contributed by atoms with Crippen molar-refractivity contribution < 1.29 is 19.0 Å². The summed E-state index contributed by atoms with van der Waals surface area (Å²) in [7, 11) is 0. The summed E-state index contributed by atoms with van der Waals surface area (Å²) in [6.07, 6.45) is 3.53. The molecule has 8 nitrogen and oxygen atoms in total. The average molecular weight is 541 g/mol. The maximum Gasteiger partial charge on any atom is 0.222 e. The monoisotopic (exact) mass is 540 g/mol. The van der Waals surface area contributed by atoms with Gasteiger partial charge in [0, 0.05) is 36.3 Å². The summed E-state index contributed by atoms with van der Waals surface area (Å²) in [6.45, 7) is 6.77. The maximum atomic E-state index is 11.8. The summed E-state index contributed by atoms with van der Waals surface area (Å²) in [6, 6.07) is 13.4. The van der Waals surface area contributed by atoms with Gasteiger partial charge in [-0.15, -0.1) is 11.3 Å². The molecule has 1 saturated heterocycles. The van der Waals surface area contributed by atoms with Crippen molar-refractivity contribution in [3.05, 3.63) is 70.3 Å². The van der Waals surface area contributed by atoms with Gasteiger partial charge in [0.25, 0.3) is 0 Å². The number of rotatable bonds is 10. The Morgan fingerprint density at radius 1 is 1.24 bits per heavy atom. The largest absolute Gasteiger partial charge is 0.491 e. The van der Waals surface area contributed by atoms with Gasteiger partial charge in [0.2, 0.25) is 5.91 Å². The molecule has 1 fully saturated rings. The third-order valence-electron chi connectivity index (χ3n) is 6.26. The summed E-state index contributed by atoms with van der Waals surface area (Å²) >= 11 is 7.84. The molecule has 0 radical (unpaired) electrons. The number of amides is 1. The number of aromatic nitrogens is 2. The van der Waals surface area contributed by atoms with E-state index in [1.54, 1.807) is 0 Å². The minimum atomic E-state index is -0.419. The van der Waals surface area contributed by atoms with Crippen LogP contribution in [0.3, 0.4) is 0 Å². The number of halogens is 1. The van der Waals surface area contributed by atoms with Crippen molar-refractivity contribution in [2.75, 3.05) is 39.5 Å².